The van der Waals surface area contributed by atoms with Crippen LogP contribution in [0.1, 0.15) is 18.9 Å². The predicted molar refractivity (Wildman–Crippen MR) is 71.7 cm³/mol. The molecule has 0 spiro atoms. The van der Waals surface area contributed by atoms with Crippen molar-refractivity contribution in [3.63, 3.8) is 0 Å². The normalized spacial score (nSPS) is 10.4. The zero-order valence-corrected chi connectivity index (χ0v) is 10.2. The number of nitrogens with zero attached hydrogens (tertiary/aromatic N) is 1. The van der Waals surface area contributed by atoms with Crippen molar-refractivity contribution < 1.29 is 0 Å². The maximum atomic E-state index is 4.18. The zero-order valence-electron chi connectivity index (χ0n) is 10.2. The van der Waals surface area contributed by atoms with Crippen LogP contribution in [0.5, 0.6) is 0 Å². The van der Waals surface area contributed by atoms with Crippen molar-refractivity contribution in [2.45, 2.75) is 19.9 Å². The summed E-state index contributed by atoms with van der Waals surface area (Å²) in [5.74, 6) is 0. The number of aromatic nitrogens is 1. The minimum atomic E-state index is 0.916. The van der Waals surface area contributed by atoms with E-state index in [9.17, 15) is 0 Å². The van der Waals surface area contributed by atoms with Crippen LogP contribution in [0, 0.1) is 0 Å². The fourth-order valence-electron chi connectivity index (χ4n) is 1.88. The molecule has 0 unspecified atom stereocenters. The fourth-order valence-corrected chi connectivity index (χ4v) is 1.88. The Bertz CT molecular complexity index is 451. The molecule has 2 rings (SSSR count). The summed E-state index contributed by atoms with van der Waals surface area (Å²) >= 11 is 0. The highest BCUT2D eigenvalue weighted by Crippen LogP contribution is 2.22. The molecule has 0 amide bonds. The van der Waals surface area contributed by atoms with E-state index in [4.69, 9.17) is 0 Å². The van der Waals surface area contributed by atoms with Gasteiger partial charge in [0.1, 0.15) is 0 Å². The summed E-state index contributed by atoms with van der Waals surface area (Å²) in [7, 11) is 0. The molecule has 0 radical (unpaired) electrons. The lowest BCUT2D eigenvalue weighted by molar-refractivity contribution is 0.676. The Morgan fingerprint density at radius 3 is 2.76 bits per heavy atom. The van der Waals surface area contributed by atoms with Crippen molar-refractivity contribution >= 4 is 0 Å². The van der Waals surface area contributed by atoms with Crippen molar-refractivity contribution in [2.75, 3.05) is 6.54 Å². The Labute approximate surface area is 103 Å². The van der Waals surface area contributed by atoms with E-state index in [-0.39, 0.29) is 0 Å². The summed E-state index contributed by atoms with van der Waals surface area (Å²) < 4.78 is 0. The largest absolute Gasteiger partial charge is 0.313 e. The molecule has 0 bridgehead atoms. The van der Waals surface area contributed by atoms with Crippen LogP contribution in [0.3, 0.4) is 0 Å². The minimum absolute atomic E-state index is 0.916. The molecule has 0 atom stereocenters. The summed E-state index contributed by atoms with van der Waals surface area (Å²) in [5, 5.41) is 3.44. The van der Waals surface area contributed by atoms with Gasteiger partial charge in [0.25, 0.3) is 0 Å². The summed E-state index contributed by atoms with van der Waals surface area (Å²) in [4.78, 5) is 4.18. The van der Waals surface area contributed by atoms with Gasteiger partial charge in [-0.25, -0.2) is 0 Å². The van der Waals surface area contributed by atoms with Crippen LogP contribution < -0.4 is 5.32 Å². The van der Waals surface area contributed by atoms with Gasteiger partial charge in [-0.15, -0.1) is 0 Å². The van der Waals surface area contributed by atoms with Crippen LogP contribution in [0.2, 0.25) is 0 Å². The van der Waals surface area contributed by atoms with E-state index in [0.29, 0.717) is 0 Å². The molecule has 1 aromatic heterocycles. The van der Waals surface area contributed by atoms with Crippen molar-refractivity contribution in [2.24, 2.45) is 0 Å². The van der Waals surface area contributed by atoms with Crippen LogP contribution in [-0.4, -0.2) is 11.5 Å². The Hall–Kier alpha value is -1.67. The van der Waals surface area contributed by atoms with Gasteiger partial charge in [-0.05, 0) is 30.2 Å². The monoisotopic (exact) mass is 226 g/mol. The molecule has 0 aliphatic carbocycles. The Balaban J connectivity index is 2.22. The summed E-state index contributed by atoms with van der Waals surface area (Å²) in [5.41, 5.74) is 3.78. The Kier molecular flexibility index (Phi) is 4.28. The van der Waals surface area contributed by atoms with Crippen molar-refractivity contribution in [1.82, 2.24) is 10.3 Å². The van der Waals surface area contributed by atoms with Gasteiger partial charge < -0.3 is 5.32 Å². The first-order valence-corrected chi connectivity index (χ1v) is 6.11. The van der Waals surface area contributed by atoms with E-state index in [1.54, 1.807) is 6.20 Å². The molecule has 1 aromatic carbocycles. The highest BCUT2D eigenvalue weighted by atomic mass is 14.8. The van der Waals surface area contributed by atoms with E-state index in [1.807, 2.05) is 12.3 Å². The number of hydrogen-bond donors (Lipinski definition) is 1. The van der Waals surface area contributed by atoms with Gasteiger partial charge in [0.15, 0.2) is 0 Å². The van der Waals surface area contributed by atoms with Gasteiger partial charge in [-0.1, -0.05) is 37.3 Å². The average Bonchev–Trinajstić information content (AvgIpc) is 2.41. The maximum Gasteiger partial charge on any atom is 0.0346 e. The van der Waals surface area contributed by atoms with Crippen LogP contribution in [-0.2, 0) is 6.54 Å². The second-order valence-corrected chi connectivity index (χ2v) is 4.08. The lowest BCUT2D eigenvalue weighted by Gasteiger charge is -2.10. The second kappa shape index (κ2) is 6.16. The molecule has 0 saturated carbocycles. The van der Waals surface area contributed by atoms with Crippen molar-refractivity contribution in [3.8, 4) is 11.1 Å². The lowest BCUT2D eigenvalue weighted by atomic mass is 10.0. The first-order chi connectivity index (χ1) is 8.42. The Morgan fingerprint density at radius 2 is 2.00 bits per heavy atom. The molecule has 0 aliphatic rings. The third-order valence-corrected chi connectivity index (χ3v) is 2.73. The molecule has 17 heavy (non-hydrogen) atoms. The standard InChI is InChI=1S/C15H18N2/c1-2-9-16-11-13-6-3-4-8-15(13)14-7-5-10-17-12-14/h3-8,10,12,16H,2,9,11H2,1H3. The first kappa shape index (κ1) is 11.8. The van der Waals surface area contributed by atoms with Gasteiger partial charge in [-0.3, -0.25) is 4.98 Å². The van der Waals surface area contributed by atoms with Crippen LogP contribution in [0.25, 0.3) is 11.1 Å². The molecule has 1 heterocycles. The van der Waals surface area contributed by atoms with Crippen LogP contribution >= 0.6 is 0 Å². The van der Waals surface area contributed by atoms with Gasteiger partial charge in [0, 0.05) is 24.5 Å². The topological polar surface area (TPSA) is 24.9 Å². The minimum Gasteiger partial charge on any atom is -0.313 e. The molecule has 0 fully saturated rings. The Morgan fingerprint density at radius 1 is 1.12 bits per heavy atom. The summed E-state index contributed by atoms with van der Waals surface area (Å²) in [6.07, 6.45) is 4.88. The van der Waals surface area contributed by atoms with E-state index in [1.165, 1.54) is 16.7 Å². The first-order valence-electron chi connectivity index (χ1n) is 6.11. The summed E-state index contributed by atoms with van der Waals surface area (Å²) in [6.45, 7) is 4.15. The molecule has 1 N–H and O–H groups in total. The fraction of sp³-hybridized carbons (Fsp3) is 0.267. The lowest BCUT2D eigenvalue weighted by Crippen LogP contribution is -2.14. The van der Waals surface area contributed by atoms with E-state index < -0.39 is 0 Å². The molecule has 2 heteroatoms. The van der Waals surface area contributed by atoms with Crippen LogP contribution in [0.15, 0.2) is 48.8 Å². The quantitative estimate of drug-likeness (QED) is 0.792. The highest BCUT2D eigenvalue weighted by molar-refractivity contribution is 5.66. The van der Waals surface area contributed by atoms with Crippen LogP contribution in [0.4, 0.5) is 0 Å². The number of pyridine rings is 1. The average molecular weight is 226 g/mol. The van der Waals surface area contributed by atoms with Gasteiger partial charge in [0.2, 0.25) is 0 Å². The van der Waals surface area contributed by atoms with E-state index in [0.717, 1.165) is 19.5 Å². The highest BCUT2D eigenvalue weighted by Gasteiger charge is 2.03. The molecular formula is C15H18N2. The molecular weight excluding hydrogens is 208 g/mol. The van der Waals surface area contributed by atoms with Gasteiger partial charge in [0.05, 0.1) is 0 Å². The number of rotatable bonds is 5. The molecule has 0 aliphatic heterocycles. The SMILES string of the molecule is CCCNCc1ccccc1-c1cccnc1. The molecule has 2 nitrogen and oxygen atoms in total. The third-order valence-electron chi connectivity index (χ3n) is 2.73. The van der Waals surface area contributed by atoms with E-state index >= 15 is 0 Å². The number of benzene rings is 1. The molecule has 2 aromatic rings. The van der Waals surface area contributed by atoms with Gasteiger partial charge in [-0.2, -0.15) is 0 Å². The maximum absolute atomic E-state index is 4.18. The predicted octanol–water partition coefficient (Wildman–Crippen LogP) is 3.25. The van der Waals surface area contributed by atoms with Crippen molar-refractivity contribution in [3.05, 3.63) is 54.4 Å². The smallest absolute Gasteiger partial charge is 0.0346 e. The van der Waals surface area contributed by atoms with Gasteiger partial charge >= 0.3 is 0 Å². The van der Waals surface area contributed by atoms with Crippen molar-refractivity contribution in [1.29, 1.82) is 0 Å². The number of hydrogen-bond acceptors (Lipinski definition) is 2. The number of nitrogens with one attached hydrogen (secondary N) is 1. The summed E-state index contributed by atoms with van der Waals surface area (Å²) in [6, 6.07) is 12.6. The third kappa shape index (κ3) is 3.14. The second-order valence-electron chi connectivity index (χ2n) is 4.08. The van der Waals surface area contributed by atoms with E-state index in [2.05, 4.69) is 47.6 Å². The molecule has 0 saturated heterocycles. The zero-order chi connectivity index (χ0) is 11.9. The molecule has 88 valence electrons.